The van der Waals surface area contributed by atoms with Gasteiger partial charge in [0, 0.05) is 19.0 Å². The van der Waals surface area contributed by atoms with Gasteiger partial charge in [-0.1, -0.05) is 42.5 Å². The fourth-order valence-corrected chi connectivity index (χ4v) is 3.96. The van der Waals surface area contributed by atoms with Crippen molar-refractivity contribution >= 4 is 16.7 Å². The van der Waals surface area contributed by atoms with Gasteiger partial charge >= 0.3 is 0 Å². The monoisotopic (exact) mass is 349 g/mol. The number of fused-ring (bicyclic) bond motifs is 1. The van der Waals surface area contributed by atoms with Crippen molar-refractivity contribution in [3.8, 4) is 0 Å². The average Bonchev–Trinajstić information content (AvgIpc) is 2.98. The number of hydrogen-bond acceptors (Lipinski definition) is 3. The summed E-state index contributed by atoms with van der Waals surface area (Å²) in [6.07, 6.45) is 0.184. The van der Waals surface area contributed by atoms with Crippen LogP contribution in [-0.2, 0) is 0 Å². The number of carbonyl (C=O) groups is 1. The molecule has 4 rings (SSSR count). The first-order chi connectivity index (χ1) is 12.5. The van der Waals surface area contributed by atoms with Crippen LogP contribution in [0.5, 0.6) is 0 Å². The van der Waals surface area contributed by atoms with Gasteiger partial charge in [-0.25, -0.2) is 0 Å². The lowest BCUT2D eigenvalue weighted by Gasteiger charge is -2.36. The highest BCUT2D eigenvalue weighted by molar-refractivity contribution is 5.95. The van der Waals surface area contributed by atoms with E-state index in [2.05, 4.69) is 30.3 Å². The third-order valence-electron chi connectivity index (χ3n) is 5.34. The number of hydrogen-bond donors (Lipinski definition) is 1. The molecular formula is C22H23NO3. The molecule has 2 atom stereocenters. The molecule has 4 nitrogen and oxygen atoms in total. The highest BCUT2D eigenvalue weighted by Crippen LogP contribution is 2.31. The summed E-state index contributed by atoms with van der Waals surface area (Å²) in [5.41, 5.74) is 1.73. The maximum Gasteiger partial charge on any atom is 0.257 e. The topological polar surface area (TPSA) is 53.7 Å². The number of likely N-dealkylation sites (tertiary alicyclic amines) is 1. The van der Waals surface area contributed by atoms with Crippen LogP contribution in [0.15, 0.2) is 52.9 Å². The number of β-amino-alcohol motifs (C(OH)–C–C–N with tert-alkyl or cyclic N) is 1. The number of furan rings is 1. The summed E-state index contributed by atoms with van der Waals surface area (Å²) < 4.78 is 5.47. The first kappa shape index (κ1) is 16.9. The van der Waals surface area contributed by atoms with Gasteiger partial charge in [0.2, 0.25) is 0 Å². The number of benzene rings is 2. The van der Waals surface area contributed by atoms with E-state index in [0.29, 0.717) is 24.4 Å². The zero-order valence-corrected chi connectivity index (χ0v) is 15.1. The van der Waals surface area contributed by atoms with Gasteiger partial charge in [0.25, 0.3) is 5.91 Å². The number of piperidine rings is 1. The Morgan fingerprint density at radius 3 is 2.58 bits per heavy atom. The highest BCUT2D eigenvalue weighted by Gasteiger charge is 2.32. The van der Waals surface area contributed by atoms with Gasteiger partial charge < -0.3 is 14.4 Å². The minimum Gasteiger partial charge on any atom is -0.466 e. The fourth-order valence-electron chi connectivity index (χ4n) is 3.96. The minimum absolute atomic E-state index is 0.0517. The Morgan fingerprint density at radius 2 is 1.88 bits per heavy atom. The Labute approximate surface area is 153 Å². The number of aliphatic hydroxyl groups excluding tert-OH is 1. The number of amides is 1. The van der Waals surface area contributed by atoms with Crippen LogP contribution >= 0.6 is 0 Å². The van der Waals surface area contributed by atoms with E-state index < -0.39 is 6.10 Å². The Kier molecular flexibility index (Phi) is 4.29. The van der Waals surface area contributed by atoms with E-state index in [4.69, 9.17) is 4.42 Å². The normalized spacial score (nSPS) is 20.5. The molecule has 1 saturated heterocycles. The van der Waals surface area contributed by atoms with E-state index >= 15 is 0 Å². The molecule has 0 unspecified atom stereocenters. The van der Waals surface area contributed by atoms with Crippen molar-refractivity contribution in [2.24, 2.45) is 0 Å². The number of nitrogens with zero attached hydrogens (tertiary/aromatic N) is 1. The van der Waals surface area contributed by atoms with E-state index in [1.54, 1.807) is 17.9 Å². The molecule has 26 heavy (non-hydrogen) atoms. The Morgan fingerprint density at radius 1 is 1.12 bits per heavy atom. The van der Waals surface area contributed by atoms with Crippen LogP contribution in [0.3, 0.4) is 0 Å². The van der Waals surface area contributed by atoms with Crippen molar-refractivity contribution in [3.63, 3.8) is 0 Å². The Balaban J connectivity index is 1.52. The average molecular weight is 349 g/mol. The Hall–Kier alpha value is -2.59. The van der Waals surface area contributed by atoms with Crippen LogP contribution in [0, 0.1) is 13.8 Å². The van der Waals surface area contributed by atoms with Crippen molar-refractivity contribution in [1.82, 2.24) is 4.90 Å². The molecule has 0 spiro atoms. The van der Waals surface area contributed by atoms with Gasteiger partial charge in [-0.05, 0) is 42.7 Å². The molecule has 0 bridgehead atoms. The number of rotatable bonds is 2. The zero-order valence-electron chi connectivity index (χ0n) is 15.1. The summed E-state index contributed by atoms with van der Waals surface area (Å²) >= 11 is 0. The Bertz CT molecular complexity index is 959. The summed E-state index contributed by atoms with van der Waals surface area (Å²) in [5, 5.41) is 13.1. The molecule has 134 valence electrons. The fraction of sp³-hybridized carbons (Fsp3) is 0.318. The van der Waals surface area contributed by atoms with Crippen LogP contribution < -0.4 is 0 Å². The van der Waals surface area contributed by atoms with Gasteiger partial charge in [-0.2, -0.15) is 0 Å². The molecule has 1 aliphatic rings. The minimum atomic E-state index is -0.567. The quantitative estimate of drug-likeness (QED) is 0.760. The van der Waals surface area contributed by atoms with E-state index in [1.807, 2.05) is 19.1 Å². The van der Waals surface area contributed by atoms with E-state index in [1.165, 1.54) is 10.8 Å². The van der Waals surface area contributed by atoms with Gasteiger partial charge in [0.1, 0.15) is 11.5 Å². The molecular weight excluding hydrogens is 326 g/mol. The lowest BCUT2D eigenvalue weighted by Crippen LogP contribution is -2.45. The highest BCUT2D eigenvalue weighted by atomic mass is 16.3. The first-order valence-electron chi connectivity index (χ1n) is 9.06. The molecule has 1 N–H and O–H groups in total. The van der Waals surface area contributed by atoms with Crippen LogP contribution in [0.1, 0.15) is 39.8 Å². The second-order valence-electron chi connectivity index (χ2n) is 7.15. The third kappa shape index (κ3) is 3.01. The van der Waals surface area contributed by atoms with Crippen molar-refractivity contribution in [3.05, 3.63) is 71.2 Å². The van der Waals surface area contributed by atoms with E-state index in [0.717, 1.165) is 17.7 Å². The predicted octanol–water partition coefficient (Wildman–Crippen LogP) is 4.04. The van der Waals surface area contributed by atoms with E-state index in [-0.39, 0.29) is 11.8 Å². The molecule has 4 heteroatoms. The molecule has 2 aromatic carbocycles. The van der Waals surface area contributed by atoms with Crippen LogP contribution in [-0.4, -0.2) is 35.1 Å². The molecule has 1 aliphatic heterocycles. The molecule has 3 aromatic rings. The second-order valence-corrected chi connectivity index (χ2v) is 7.15. The summed E-state index contributed by atoms with van der Waals surface area (Å²) in [4.78, 5) is 14.5. The molecule has 1 fully saturated rings. The van der Waals surface area contributed by atoms with Gasteiger partial charge in [0.05, 0.1) is 11.7 Å². The largest absolute Gasteiger partial charge is 0.466 e. The molecule has 2 heterocycles. The van der Waals surface area contributed by atoms with Crippen molar-refractivity contribution in [2.45, 2.75) is 32.3 Å². The summed E-state index contributed by atoms with van der Waals surface area (Å²) in [5.74, 6) is 1.36. The van der Waals surface area contributed by atoms with Crippen LogP contribution in [0.2, 0.25) is 0 Å². The van der Waals surface area contributed by atoms with Crippen LogP contribution in [0.25, 0.3) is 10.8 Å². The van der Waals surface area contributed by atoms with Crippen LogP contribution in [0.4, 0.5) is 0 Å². The maximum atomic E-state index is 12.8. The summed E-state index contributed by atoms with van der Waals surface area (Å²) in [6.45, 7) is 4.63. The third-order valence-corrected chi connectivity index (χ3v) is 5.34. The lowest BCUT2D eigenvalue weighted by atomic mass is 9.86. The van der Waals surface area contributed by atoms with Gasteiger partial charge in [0.15, 0.2) is 0 Å². The second kappa shape index (κ2) is 6.61. The zero-order chi connectivity index (χ0) is 18.3. The predicted molar refractivity (Wildman–Crippen MR) is 101 cm³/mol. The number of aryl methyl sites for hydroxylation is 2. The van der Waals surface area contributed by atoms with Gasteiger partial charge in [-0.15, -0.1) is 0 Å². The molecule has 0 aliphatic carbocycles. The first-order valence-corrected chi connectivity index (χ1v) is 9.06. The standard InChI is InChI=1S/C22H23NO3/c1-14-11-20(15(2)26-14)22(25)23-10-9-19(21(24)13-23)18-8-7-16-5-3-4-6-17(16)12-18/h3-8,11-12,19,21,24H,9-10,13H2,1-2H3/t19-,21+/m0/s1. The summed E-state index contributed by atoms with van der Waals surface area (Å²) in [6, 6.07) is 16.4. The number of aliphatic hydroxyl groups is 1. The maximum absolute atomic E-state index is 12.8. The van der Waals surface area contributed by atoms with Gasteiger partial charge in [-0.3, -0.25) is 4.79 Å². The lowest BCUT2D eigenvalue weighted by molar-refractivity contribution is 0.0381. The van der Waals surface area contributed by atoms with Crippen molar-refractivity contribution < 1.29 is 14.3 Å². The molecule has 1 amide bonds. The molecule has 0 radical (unpaired) electrons. The smallest absolute Gasteiger partial charge is 0.257 e. The molecule has 0 saturated carbocycles. The van der Waals surface area contributed by atoms with Crippen molar-refractivity contribution in [2.75, 3.05) is 13.1 Å². The van der Waals surface area contributed by atoms with E-state index in [9.17, 15) is 9.90 Å². The van der Waals surface area contributed by atoms with Crippen molar-refractivity contribution in [1.29, 1.82) is 0 Å². The number of carbonyl (C=O) groups excluding carboxylic acids is 1. The summed E-state index contributed by atoms with van der Waals surface area (Å²) in [7, 11) is 0. The molecule has 1 aromatic heterocycles. The SMILES string of the molecule is Cc1cc(C(=O)N2CC[C@@H](c3ccc4ccccc4c3)[C@H](O)C2)c(C)o1.